The zero-order valence-electron chi connectivity index (χ0n) is 24.7. The number of ether oxygens (including phenoxy) is 2. The summed E-state index contributed by atoms with van der Waals surface area (Å²) < 4.78 is 11.7. The molecule has 0 spiro atoms. The molecular formula is C33H38N4O4. The van der Waals surface area contributed by atoms with Gasteiger partial charge in [0.15, 0.2) is 11.6 Å². The van der Waals surface area contributed by atoms with Crippen LogP contribution in [0.1, 0.15) is 60.8 Å². The third kappa shape index (κ3) is 6.60. The number of pyridine rings is 1. The first-order valence-electron chi connectivity index (χ1n) is 13.5. The molecule has 2 amide bonds. The van der Waals surface area contributed by atoms with Gasteiger partial charge in [-0.3, -0.25) is 9.69 Å². The Balaban J connectivity index is 1.51. The Morgan fingerprint density at radius 2 is 1.63 bits per heavy atom. The number of aryl methyl sites for hydroxylation is 2. The highest BCUT2D eigenvalue weighted by molar-refractivity contribution is 5.97. The van der Waals surface area contributed by atoms with E-state index in [0.29, 0.717) is 28.5 Å². The van der Waals surface area contributed by atoms with Gasteiger partial charge in [-0.05, 0) is 75.9 Å². The number of nitrogen functional groups attached to an aromatic ring is 1. The second-order valence-corrected chi connectivity index (χ2v) is 11.4. The van der Waals surface area contributed by atoms with Crippen molar-refractivity contribution in [2.24, 2.45) is 0 Å². The van der Waals surface area contributed by atoms with Crippen LogP contribution in [0.2, 0.25) is 0 Å². The largest absolute Gasteiger partial charge is 0.482 e. The van der Waals surface area contributed by atoms with Gasteiger partial charge in [-0.2, -0.15) is 0 Å². The highest BCUT2D eigenvalue weighted by atomic mass is 16.6. The van der Waals surface area contributed by atoms with Crippen molar-refractivity contribution in [3.63, 3.8) is 0 Å². The van der Waals surface area contributed by atoms with Crippen molar-refractivity contribution in [1.29, 1.82) is 0 Å². The van der Waals surface area contributed by atoms with Crippen molar-refractivity contribution in [1.82, 2.24) is 14.8 Å². The van der Waals surface area contributed by atoms with Crippen molar-refractivity contribution in [3.8, 4) is 16.9 Å². The Morgan fingerprint density at radius 3 is 2.24 bits per heavy atom. The average molecular weight is 555 g/mol. The van der Waals surface area contributed by atoms with Gasteiger partial charge >= 0.3 is 6.09 Å². The standard InChI is InChI=1S/C33H38N4O4/c1-20-11-9-10-12-27(20)24(5)40-29-16-26(17-35-30(29)34)25-13-14-28(21(2)15-25)31(38)36-18-22(3)37(23(4)19-36)32(39)41-33(6,7)8/h9-17,24H,3-4,18-19H2,1-2,5-8H3,(H2,34,35). The fourth-order valence-electron chi connectivity index (χ4n) is 4.83. The van der Waals surface area contributed by atoms with E-state index < -0.39 is 11.7 Å². The number of nitrogens with zero attached hydrogens (tertiary/aromatic N) is 3. The molecule has 1 fully saturated rings. The van der Waals surface area contributed by atoms with Crippen molar-refractivity contribution >= 4 is 17.8 Å². The number of carbonyl (C=O) groups is 2. The zero-order chi connectivity index (χ0) is 30.1. The molecule has 1 saturated heterocycles. The molecule has 2 heterocycles. The predicted molar refractivity (Wildman–Crippen MR) is 161 cm³/mol. The number of hydrogen-bond donors (Lipinski definition) is 1. The minimum Gasteiger partial charge on any atom is -0.482 e. The molecular weight excluding hydrogens is 516 g/mol. The maximum atomic E-state index is 13.5. The SMILES string of the molecule is C=C1CN(C(=O)c2ccc(-c3cnc(N)c(OC(C)c4ccccc4C)c3)cc2C)CC(=C)N1C(=O)OC(C)(C)C. The van der Waals surface area contributed by atoms with Crippen LogP contribution in [0, 0.1) is 13.8 Å². The maximum Gasteiger partial charge on any atom is 0.419 e. The van der Waals surface area contributed by atoms with Gasteiger partial charge in [-0.15, -0.1) is 0 Å². The third-order valence-corrected chi connectivity index (χ3v) is 6.84. The molecule has 2 N–H and O–H groups in total. The van der Waals surface area contributed by atoms with E-state index in [-0.39, 0.29) is 25.1 Å². The lowest BCUT2D eigenvalue weighted by Gasteiger charge is -2.38. The predicted octanol–water partition coefficient (Wildman–Crippen LogP) is 6.81. The molecule has 3 aromatic rings. The molecule has 0 bridgehead atoms. The number of piperazine rings is 1. The zero-order valence-corrected chi connectivity index (χ0v) is 24.7. The van der Waals surface area contributed by atoms with Crippen LogP contribution in [0.25, 0.3) is 11.1 Å². The summed E-state index contributed by atoms with van der Waals surface area (Å²) in [4.78, 5) is 33.5. The normalized spacial score (nSPS) is 14.6. The van der Waals surface area contributed by atoms with Crippen molar-refractivity contribution < 1.29 is 19.1 Å². The summed E-state index contributed by atoms with van der Waals surface area (Å²) in [5.41, 5.74) is 11.6. The lowest BCUT2D eigenvalue weighted by Crippen LogP contribution is -2.48. The van der Waals surface area contributed by atoms with Gasteiger partial charge < -0.3 is 20.1 Å². The summed E-state index contributed by atoms with van der Waals surface area (Å²) >= 11 is 0. The van der Waals surface area contributed by atoms with E-state index in [2.05, 4.69) is 18.1 Å². The number of anilines is 1. The minimum atomic E-state index is -0.657. The van der Waals surface area contributed by atoms with Gasteiger partial charge in [-0.1, -0.05) is 49.6 Å². The van der Waals surface area contributed by atoms with Gasteiger partial charge in [0.25, 0.3) is 5.91 Å². The number of carbonyl (C=O) groups excluding carboxylic acids is 2. The Labute approximate surface area is 242 Å². The highest BCUT2D eigenvalue weighted by Crippen LogP contribution is 2.33. The minimum absolute atomic E-state index is 0.174. The van der Waals surface area contributed by atoms with Gasteiger partial charge in [-0.25, -0.2) is 9.78 Å². The summed E-state index contributed by atoms with van der Waals surface area (Å²) in [6.45, 7) is 19.7. The first-order valence-corrected chi connectivity index (χ1v) is 13.5. The second-order valence-electron chi connectivity index (χ2n) is 11.4. The maximum absolute atomic E-state index is 13.5. The van der Waals surface area contributed by atoms with E-state index >= 15 is 0 Å². The van der Waals surface area contributed by atoms with Crippen LogP contribution in [0.15, 0.2) is 79.3 Å². The monoisotopic (exact) mass is 554 g/mol. The molecule has 41 heavy (non-hydrogen) atoms. The Kier molecular flexibility index (Phi) is 8.24. The lowest BCUT2D eigenvalue weighted by molar-refractivity contribution is 0.0306. The van der Waals surface area contributed by atoms with Crippen molar-refractivity contribution in [2.45, 2.75) is 53.2 Å². The van der Waals surface area contributed by atoms with Gasteiger partial charge in [0.1, 0.15) is 11.7 Å². The quantitative estimate of drug-likeness (QED) is 0.372. The van der Waals surface area contributed by atoms with Crippen LogP contribution in [0.3, 0.4) is 0 Å². The first kappa shape index (κ1) is 29.4. The second kappa shape index (κ2) is 11.5. The molecule has 214 valence electrons. The molecule has 1 aliphatic rings. The first-order chi connectivity index (χ1) is 19.2. The Bertz CT molecular complexity index is 1500. The molecule has 0 aliphatic carbocycles. The number of rotatable bonds is 5. The van der Waals surface area contributed by atoms with Crippen LogP contribution in [-0.2, 0) is 4.74 Å². The summed E-state index contributed by atoms with van der Waals surface area (Å²) in [7, 11) is 0. The Morgan fingerprint density at radius 1 is 0.976 bits per heavy atom. The summed E-state index contributed by atoms with van der Waals surface area (Å²) in [5, 5.41) is 0. The molecule has 8 heteroatoms. The molecule has 8 nitrogen and oxygen atoms in total. The van der Waals surface area contributed by atoms with E-state index in [4.69, 9.17) is 15.2 Å². The third-order valence-electron chi connectivity index (χ3n) is 6.84. The van der Waals surface area contributed by atoms with Crippen LogP contribution in [-0.4, -0.2) is 45.5 Å². The molecule has 4 rings (SSSR count). The number of aromatic nitrogens is 1. The van der Waals surface area contributed by atoms with Crippen LogP contribution in [0.5, 0.6) is 5.75 Å². The molecule has 0 saturated carbocycles. The Hall–Kier alpha value is -4.59. The number of hydrogen-bond acceptors (Lipinski definition) is 6. The summed E-state index contributed by atoms with van der Waals surface area (Å²) in [6, 6.07) is 15.6. The highest BCUT2D eigenvalue weighted by Gasteiger charge is 2.33. The molecule has 0 radical (unpaired) electrons. The molecule has 2 aromatic carbocycles. The fraction of sp³-hybridized carbons (Fsp3) is 0.303. The average Bonchev–Trinajstić information content (AvgIpc) is 2.88. The van der Waals surface area contributed by atoms with Crippen molar-refractivity contribution in [2.75, 3.05) is 18.8 Å². The summed E-state index contributed by atoms with van der Waals surface area (Å²) in [6.07, 6.45) is 0.937. The van der Waals surface area contributed by atoms with Gasteiger partial charge in [0.2, 0.25) is 0 Å². The van der Waals surface area contributed by atoms with Crippen molar-refractivity contribution in [3.05, 3.63) is 102 Å². The van der Waals surface area contributed by atoms with Crippen LogP contribution in [0.4, 0.5) is 10.6 Å². The molecule has 1 atom stereocenters. The van der Waals surface area contributed by atoms with E-state index in [0.717, 1.165) is 27.8 Å². The number of nitrogens with two attached hydrogens (primary N) is 1. The number of amides is 2. The van der Waals surface area contributed by atoms with E-state index in [9.17, 15) is 9.59 Å². The molecule has 1 aliphatic heterocycles. The number of benzene rings is 2. The van der Waals surface area contributed by atoms with E-state index in [1.54, 1.807) is 37.9 Å². The smallest absolute Gasteiger partial charge is 0.419 e. The van der Waals surface area contributed by atoms with Gasteiger partial charge in [0, 0.05) is 28.7 Å². The van der Waals surface area contributed by atoms with Crippen LogP contribution >= 0.6 is 0 Å². The van der Waals surface area contributed by atoms with Gasteiger partial charge in [0.05, 0.1) is 13.1 Å². The van der Waals surface area contributed by atoms with Crippen LogP contribution < -0.4 is 10.5 Å². The summed E-state index contributed by atoms with van der Waals surface area (Å²) in [5.74, 6) is 0.631. The fourth-order valence-corrected chi connectivity index (χ4v) is 4.83. The topological polar surface area (TPSA) is 98.0 Å². The molecule has 1 aromatic heterocycles. The van der Waals surface area contributed by atoms with E-state index in [1.165, 1.54) is 4.90 Å². The lowest BCUT2D eigenvalue weighted by atomic mass is 9.99. The van der Waals surface area contributed by atoms with E-state index in [1.807, 2.05) is 63.2 Å². The molecule has 1 unspecified atom stereocenters.